The predicted octanol–water partition coefficient (Wildman–Crippen LogP) is -5.95. The zero-order valence-electron chi connectivity index (χ0n) is 9.24. The molecule has 0 fully saturated rings. The Morgan fingerprint density at radius 3 is 1.93 bits per heavy atom. The molecule has 15 heavy (non-hydrogen) atoms. The van der Waals surface area contributed by atoms with Gasteiger partial charge >= 0.3 is 29.6 Å². The molecular weight excluding hydrogens is 215 g/mol. The third-order valence-corrected chi connectivity index (χ3v) is 0.837. The summed E-state index contributed by atoms with van der Waals surface area (Å²) in [5.41, 5.74) is 4.97. The van der Waals surface area contributed by atoms with Crippen molar-refractivity contribution in [2.75, 3.05) is 34.1 Å². The van der Waals surface area contributed by atoms with Crippen molar-refractivity contribution in [2.24, 2.45) is 5.73 Å². The number of carbonyl (C=O) groups is 2. The number of carboxylic acid groups (broad SMARTS) is 1. The summed E-state index contributed by atoms with van der Waals surface area (Å²) in [5, 5.41) is 11.7. The number of carbonyl (C=O) groups excluding carboxylic acids is 2. The summed E-state index contributed by atoms with van der Waals surface area (Å²) in [7, 11) is 2.76. The van der Waals surface area contributed by atoms with E-state index in [1.165, 1.54) is 14.2 Å². The van der Waals surface area contributed by atoms with E-state index in [9.17, 15) is 14.7 Å². The second kappa shape index (κ2) is 16.3. The Morgan fingerprint density at radius 1 is 1.27 bits per heavy atom. The van der Waals surface area contributed by atoms with Crippen LogP contribution in [0.2, 0.25) is 0 Å². The third-order valence-electron chi connectivity index (χ3n) is 0.837. The monoisotopic (exact) mass is 230 g/mol. The van der Waals surface area contributed by atoms with Gasteiger partial charge in [0.1, 0.15) is 6.61 Å². The molecule has 0 aromatic carbocycles. The number of hydrogen-bond acceptors (Lipinski definition) is 6. The quantitative estimate of drug-likeness (QED) is 0.359. The van der Waals surface area contributed by atoms with Crippen molar-refractivity contribution < 1.29 is 53.7 Å². The molecule has 1 amide bonds. The normalized spacial score (nSPS) is 7.93. The summed E-state index contributed by atoms with van der Waals surface area (Å²) in [6.07, 6.45) is 0. The number of rotatable bonds is 5. The molecule has 0 spiro atoms. The third kappa shape index (κ3) is 24.8. The Labute approximate surface area is 111 Å². The Hall–Kier alpha value is -0.180. The molecule has 0 saturated carbocycles. The van der Waals surface area contributed by atoms with Crippen molar-refractivity contribution in [3.05, 3.63) is 0 Å². The number of hydrogen-bond donors (Lipinski definition) is 2. The fraction of sp³-hybridized carbons (Fsp3) is 0.714. The summed E-state index contributed by atoms with van der Waals surface area (Å²) < 4.78 is 8.63. The van der Waals surface area contributed by atoms with Crippen molar-refractivity contribution in [2.45, 2.75) is 0 Å². The maximum absolute atomic E-state index is 10.3. The van der Waals surface area contributed by atoms with E-state index in [4.69, 9.17) is 5.73 Å². The van der Waals surface area contributed by atoms with Gasteiger partial charge in [-0.25, -0.2) is 0 Å². The number of amides is 1. The average Bonchev–Trinajstić information content (AvgIpc) is 2.05. The van der Waals surface area contributed by atoms with Gasteiger partial charge in [0, 0.05) is 14.2 Å². The van der Waals surface area contributed by atoms with Crippen molar-refractivity contribution >= 4 is 11.9 Å². The Balaban J connectivity index is -0.000000187. The van der Waals surface area contributed by atoms with Gasteiger partial charge in [0.25, 0.3) is 0 Å². The molecule has 0 aromatic rings. The first-order chi connectivity index (χ1) is 6.58. The molecule has 8 heteroatoms. The van der Waals surface area contributed by atoms with Gasteiger partial charge in [-0.3, -0.25) is 4.79 Å². The fourth-order valence-electron chi connectivity index (χ4n) is 0.414. The maximum atomic E-state index is 10.3. The van der Waals surface area contributed by atoms with E-state index in [1.807, 2.05) is 0 Å². The Morgan fingerprint density at radius 2 is 1.73 bits per heavy atom. The molecule has 0 aromatic heterocycles. The van der Waals surface area contributed by atoms with Crippen LogP contribution < -0.4 is 45.7 Å². The molecule has 0 saturated heterocycles. The van der Waals surface area contributed by atoms with Crippen LogP contribution in [-0.4, -0.2) is 46.0 Å². The largest absolute Gasteiger partial charge is 1.00 e. The van der Waals surface area contributed by atoms with E-state index in [2.05, 4.69) is 14.8 Å². The van der Waals surface area contributed by atoms with Crippen LogP contribution in [0, 0.1) is 0 Å². The van der Waals surface area contributed by atoms with Crippen molar-refractivity contribution in [3.63, 3.8) is 0 Å². The van der Waals surface area contributed by atoms with E-state index >= 15 is 0 Å². The van der Waals surface area contributed by atoms with Crippen LogP contribution in [0.4, 0.5) is 0 Å². The Bertz CT molecular complexity index is 159. The zero-order chi connectivity index (χ0) is 11.4. The molecule has 0 aliphatic heterocycles. The van der Waals surface area contributed by atoms with E-state index < -0.39 is 5.97 Å². The van der Waals surface area contributed by atoms with Crippen LogP contribution >= 0.6 is 0 Å². The molecule has 7 nitrogen and oxygen atoms in total. The minimum absolute atomic E-state index is 0. The fourth-order valence-corrected chi connectivity index (χ4v) is 0.414. The number of nitrogens with one attached hydrogen (secondary N) is 1. The number of ether oxygens (including phenoxy) is 2. The smallest absolute Gasteiger partial charge is 0.548 e. The van der Waals surface area contributed by atoms with Crippen molar-refractivity contribution in [3.8, 4) is 0 Å². The van der Waals surface area contributed by atoms with Crippen LogP contribution in [0.25, 0.3) is 0 Å². The van der Waals surface area contributed by atoms with Crippen LogP contribution in [0.15, 0.2) is 0 Å². The van der Waals surface area contributed by atoms with E-state index in [0.717, 1.165) is 0 Å². The molecule has 0 radical (unpaired) electrons. The molecule has 0 aliphatic rings. The Kier molecular flexibility index (Phi) is 22.0. The average molecular weight is 230 g/mol. The van der Waals surface area contributed by atoms with Crippen molar-refractivity contribution in [1.82, 2.24) is 5.32 Å². The van der Waals surface area contributed by atoms with Crippen molar-refractivity contribution in [1.29, 1.82) is 0 Å². The molecular formula is C7H15N2NaO5. The summed E-state index contributed by atoms with van der Waals surface area (Å²) in [5.74, 6) is -1.37. The number of nitrogens with two attached hydrogens (primary N) is 1. The summed E-state index contributed by atoms with van der Waals surface area (Å²) >= 11 is 0. The molecule has 84 valence electrons. The number of aliphatic carboxylic acids is 1. The van der Waals surface area contributed by atoms with E-state index in [1.54, 1.807) is 0 Å². The molecule has 0 atom stereocenters. The standard InChI is InChI=1S/C4H10N2O2.C3H6O3.Na/c1-8-2-4(7)6-3-5;1-6-2-3(4)5;/h2-3,5H2,1H3,(H,6,7);2H2,1H3,(H,4,5);/q;;+1/p-1. The van der Waals surface area contributed by atoms with Gasteiger partial charge in [-0.05, 0) is 0 Å². The van der Waals surface area contributed by atoms with Gasteiger partial charge in [-0.1, -0.05) is 0 Å². The summed E-state index contributed by atoms with van der Waals surface area (Å²) in [6.45, 7) is -0.0700. The van der Waals surface area contributed by atoms with Crippen LogP contribution in [-0.2, 0) is 19.1 Å². The van der Waals surface area contributed by atoms with Crippen LogP contribution in [0.3, 0.4) is 0 Å². The topological polar surface area (TPSA) is 114 Å². The number of methoxy groups -OCH3 is 2. The van der Waals surface area contributed by atoms with Gasteiger partial charge in [-0.15, -0.1) is 0 Å². The number of carboxylic acids is 1. The first kappa shape index (κ1) is 20.3. The van der Waals surface area contributed by atoms with Gasteiger partial charge < -0.3 is 30.4 Å². The minimum Gasteiger partial charge on any atom is -0.548 e. The van der Waals surface area contributed by atoms with Gasteiger partial charge in [-0.2, -0.15) is 0 Å². The minimum atomic E-state index is -1.18. The second-order valence-corrected chi connectivity index (χ2v) is 2.04. The molecule has 0 bridgehead atoms. The first-order valence-corrected chi connectivity index (χ1v) is 3.73. The molecule has 0 aliphatic carbocycles. The summed E-state index contributed by atoms with van der Waals surface area (Å²) in [6, 6.07) is 0. The molecule has 3 N–H and O–H groups in total. The van der Waals surface area contributed by atoms with E-state index in [-0.39, 0.29) is 55.3 Å². The van der Waals surface area contributed by atoms with Gasteiger partial charge in [0.15, 0.2) is 0 Å². The first-order valence-electron chi connectivity index (χ1n) is 3.73. The maximum Gasteiger partial charge on any atom is 1.00 e. The summed E-state index contributed by atoms with van der Waals surface area (Å²) in [4.78, 5) is 19.7. The molecule has 0 unspecified atom stereocenters. The molecule has 0 rings (SSSR count). The second-order valence-electron chi connectivity index (χ2n) is 2.04. The molecule has 0 heterocycles. The van der Waals surface area contributed by atoms with Gasteiger partial charge in [0.2, 0.25) is 5.91 Å². The zero-order valence-corrected chi connectivity index (χ0v) is 11.2. The van der Waals surface area contributed by atoms with Gasteiger partial charge in [0.05, 0.1) is 19.2 Å². The van der Waals surface area contributed by atoms with Crippen LogP contribution in [0.1, 0.15) is 0 Å². The predicted molar refractivity (Wildman–Crippen MR) is 46.0 cm³/mol. The van der Waals surface area contributed by atoms with Crippen LogP contribution in [0.5, 0.6) is 0 Å². The SMILES string of the molecule is COCC(=O)NCN.COCC(=O)[O-].[Na+]. The van der Waals surface area contributed by atoms with E-state index in [0.29, 0.717) is 0 Å².